The largest absolute Gasteiger partial charge is 0.505 e. The molecule has 2 amide bonds. The molecule has 0 aliphatic heterocycles. The number of aliphatic hydroxyl groups is 1. The number of nitrogens with one attached hydrogen (secondary N) is 2. The highest BCUT2D eigenvalue weighted by Gasteiger charge is 2.43. The number of anilines is 2. The van der Waals surface area contributed by atoms with Gasteiger partial charge in [0.1, 0.15) is 12.4 Å². The molecule has 32 heavy (non-hydrogen) atoms. The zero-order chi connectivity index (χ0) is 24.3. The van der Waals surface area contributed by atoms with E-state index < -0.39 is 51.9 Å². The van der Waals surface area contributed by atoms with Crippen molar-refractivity contribution in [2.24, 2.45) is 0 Å². The van der Waals surface area contributed by atoms with E-state index in [1.54, 1.807) is 0 Å². The molecule has 4 N–H and O–H groups in total. The molecule has 2 aromatic rings. The summed E-state index contributed by atoms with van der Waals surface area (Å²) in [7, 11) is 0. The number of aromatic hydroxyl groups is 1. The third-order valence-electron chi connectivity index (χ3n) is 4.07. The van der Waals surface area contributed by atoms with Gasteiger partial charge in [-0.3, -0.25) is 19.7 Å². The fourth-order valence-corrected chi connectivity index (χ4v) is 2.50. The van der Waals surface area contributed by atoms with E-state index in [1.807, 2.05) is 5.32 Å². The molecule has 13 heteroatoms. The summed E-state index contributed by atoms with van der Waals surface area (Å²) in [5, 5.41) is 35.5. The van der Waals surface area contributed by atoms with Gasteiger partial charge in [-0.15, -0.1) is 0 Å². The molecule has 0 saturated heterocycles. The van der Waals surface area contributed by atoms with Gasteiger partial charge in [-0.1, -0.05) is 0 Å². The molecule has 2 aromatic carbocycles. The van der Waals surface area contributed by atoms with Crippen LogP contribution in [0.1, 0.15) is 19.4 Å². The number of carbonyl (C=O) groups excluding carboxylic acids is 2. The van der Waals surface area contributed by atoms with E-state index in [4.69, 9.17) is 4.74 Å². The van der Waals surface area contributed by atoms with Gasteiger partial charge < -0.3 is 25.6 Å². The molecule has 10 nitrogen and oxygen atoms in total. The maximum absolute atomic E-state index is 13.2. The average molecular weight is 457 g/mol. The van der Waals surface area contributed by atoms with Crippen molar-refractivity contribution in [2.45, 2.75) is 25.6 Å². The number of carbonyl (C=O) groups is 2. The Morgan fingerprint density at radius 2 is 1.72 bits per heavy atom. The van der Waals surface area contributed by atoms with E-state index in [1.165, 1.54) is 31.2 Å². The van der Waals surface area contributed by atoms with Crippen molar-refractivity contribution in [1.82, 2.24) is 0 Å². The molecule has 0 bridgehead atoms. The number of nitro groups is 1. The maximum atomic E-state index is 13.2. The molecule has 0 aromatic heterocycles. The van der Waals surface area contributed by atoms with Crippen molar-refractivity contribution in [2.75, 3.05) is 17.2 Å². The minimum absolute atomic E-state index is 0.213. The minimum atomic E-state index is -5.28. The maximum Gasteiger partial charge on any atom is 0.426 e. The van der Waals surface area contributed by atoms with Gasteiger partial charge >= 0.3 is 6.18 Å². The zero-order valence-corrected chi connectivity index (χ0v) is 16.7. The summed E-state index contributed by atoms with van der Waals surface area (Å²) in [6.45, 7) is 1.71. The van der Waals surface area contributed by atoms with Crippen molar-refractivity contribution < 1.29 is 42.6 Å². The number of alkyl halides is 3. The summed E-state index contributed by atoms with van der Waals surface area (Å²) in [6.07, 6.45) is -5.28. The Hall–Kier alpha value is -3.87. The lowest BCUT2D eigenvalue weighted by Crippen LogP contribution is -2.45. The van der Waals surface area contributed by atoms with Crippen LogP contribution in [0.25, 0.3) is 0 Å². The highest BCUT2D eigenvalue weighted by Crippen LogP contribution is 2.45. The van der Waals surface area contributed by atoms with Crippen molar-refractivity contribution in [3.8, 4) is 11.5 Å². The first-order chi connectivity index (χ1) is 14.7. The van der Waals surface area contributed by atoms with Crippen LogP contribution in [0.3, 0.4) is 0 Å². The van der Waals surface area contributed by atoms with Gasteiger partial charge in [0.15, 0.2) is 16.9 Å². The highest BCUT2D eigenvalue weighted by molar-refractivity contribution is 5.98. The fourth-order valence-electron chi connectivity index (χ4n) is 2.50. The SMILES string of the molecule is CC(=O)Nc1ccc(OC[C@](C)(O)C(=O)Nc2ccc([N+](=O)[O-])c(C(F)(F)F)c2O)cc1. The molecular weight excluding hydrogens is 439 g/mol. The number of rotatable bonds is 7. The number of phenolic OH excluding ortho intramolecular Hbond substituents is 1. The molecule has 172 valence electrons. The number of amides is 2. The van der Waals surface area contributed by atoms with Gasteiger partial charge in [-0.25, -0.2) is 0 Å². The van der Waals surface area contributed by atoms with Gasteiger partial charge in [-0.05, 0) is 37.3 Å². The van der Waals surface area contributed by atoms with Crippen molar-refractivity contribution >= 4 is 28.9 Å². The Balaban J connectivity index is 2.15. The van der Waals surface area contributed by atoms with Crippen LogP contribution in [-0.4, -0.2) is 39.2 Å². The predicted octanol–water partition coefficient (Wildman–Crippen LogP) is 3.05. The Labute approximate surface area is 178 Å². The minimum Gasteiger partial charge on any atom is -0.505 e. The Bertz CT molecular complexity index is 1040. The van der Waals surface area contributed by atoms with Gasteiger partial charge in [-0.2, -0.15) is 13.2 Å². The second kappa shape index (κ2) is 9.09. The number of benzene rings is 2. The van der Waals surface area contributed by atoms with Crippen LogP contribution in [0, 0.1) is 10.1 Å². The first kappa shape index (κ1) is 24.4. The number of halogens is 3. The quantitative estimate of drug-likeness (QED) is 0.283. The molecule has 0 fully saturated rings. The first-order valence-corrected chi connectivity index (χ1v) is 8.84. The van der Waals surface area contributed by atoms with Crippen molar-refractivity contribution in [1.29, 1.82) is 0 Å². The van der Waals surface area contributed by atoms with Gasteiger partial charge in [0.2, 0.25) is 5.91 Å². The third kappa shape index (κ3) is 5.85. The molecule has 0 radical (unpaired) electrons. The summed E-state index contributed by atoms with van der Waals surface area (Å²) < 4.78 is 44.8. The molecule has 2 rings (SSSR count). The molecule has 0 spiro atoms. The van der Waals surface area contributed by atoms with Gasteiger partial charge in [0.05, 0.1) is 10.6 Å². The van der Waals surface area contributed by atoms with E-state index in [0.717, 1.165) is 6.92 Å². The van der Waals surface area contributed by atoms with E-state index in [-0.39, 0.29) is 11.7 Å². The summed E-state index contributed by atoms with van der Waals surface area (Å²) >= 11 is 0. The van der Waals surface area contributed by atoms with Gasteiger partial charge in [0.25, 0.3) is 11.6 Å². The number of hydrogen-bond donors (Lipinski definition) is 4. The van der Waals surface area contributed by atoms with Crippen LogP contribution >= 0.6 is 0 Å². The van der Waals surface area contributed by atoms with Crippen molar-refractivity contribution in [3.63, 3.8) is 0 Å². The summed E-state index contributed by atoms with van der Waals surface area (Å²) in [4.78, 5) is 32.9. The van der Waals surface area contributed by atoms with E-state index >= 15 is 0 Å². The first-order valence-electron chi connectivity index (χ1n) is 8.84. The second-order valence-electron chi connectivity index (χ2n) is 6.83. The number of nitrogens with zero attached hydrogens (tertiary/aromatic N) is 1. The van der Waals surface area contributed by atoms with Crippen LogP contribution in [0.15, 0.2) is 36.4 Å². The lowest BCUT2D eigenvalue weighted by molar-refractivity contribution is -0.388. The zero-order valence-electron chi connectivity index (χ0n) is 16.7. The third-order valence-corrected chi connectivity index (χ3v) is 4.07. The van der Waals surface area contributed by atoms with Crippen LogP contribution in [0.5, 0.6) is 11.5 Å². The van der Waals surface area contributed by atoms with E-state index in [2.05, 4.69) is 5.32 Å². The number of nitro benzene ring substituents is 1. The van der Waals surface area contributed by atoms with Crippen molar-refractivity contribution in [3.05, 3.63) is 52.1 Å². The Morgan fingerprint density at radius 3 is 2.22 bits per heavy atom. The molecule has 0 saturated carbocycles. The fraction of sp³-hybridized carbons (Fsp3) is 0.263. The molecule has 1 atom stereocenters. The van der Waals surface area contributed by atoms with Crippen LogP contribution in [0.4, 0.5) is 30.2 Å². The van der Waals surface area contributed by atoms with E-state index in [0.29, 0.717) is 17.8 Å². The lowest BCUT2D eigenvalue weighted by atomic mass is 10.1. The van der Waals surface area contributed by atoms with Gasteiger partial charge in [0, 0.05) is 18.7 Å². The lowest BCUT2D eigenvalue weighted by Gasteiger charge is -2.23. The topological polar surface area (TPSA) is 151 Å². The summed E-state index contributed by atoms with van der Waals surface area (Å²) in [5.74, 6) is -2.87. The molecule has 0 heterocycles. The Morgan fingerprint density at radius 1 is 1.12 bits per heavy atom. The number of ether oxygens (including phenoxy) is 1. The molecule has 0 aliphatic carbocycles. The number of hydrogen-bond acceptors (Lipinski definition) is 7. The monoisotopic (exact) mass is 457 g/mol. The summed E-state index contributed by atoms with van der Waals surface area (Å²) in [5.41, 5.74) is -5.90. The normalized spacial score (nSPS) is 13.1. The van der Waals surface area contributed by atoms with Crippen LogP contribution in [-0.2, 0) is 15.8 Å². The highest BCUT2D eigenvalue weighted by atomic mass is 19.4. The molecule has 0 unspecified atom stereocenters. The standard InChI is InChI=1S/C19H18F3N3O7/c1-10(26)23-11-3-5-12(6-4-11)32-9-18(2,29)17(28)24-13-7-8-14(25(30)31)15(16(13)27)19(20,21)22/h3-8,27,29H,9H2,1-2H3,(H,23,26)(H,24,28)/t18-/m0/s1. The second-order valence-corrected chi connectivity index (χ2v) is 6.83. The predicted molar refractivity (Wildman–Crippen MR) is 105 cm³/mol. The molecular formula is C19H18F3N3O7. The number of phenols is 1. The average Bonchev–Trinajstić information content (AvgIpc) is 2.67. The smallest absolute Gasteiger partial charge is 0.426 e. The Kier molecular flexibility index (Phi) is 6.93. The summed E-state index contributed by atoms with van der Waals surface area (Å²) in [6, 6.07) is 7.06. The van der Waals surface area contributed by atoms with Crippen LogP contribution < -0.4 is 15.4 Å². The van der Waals surface area contributed by atoms with Crippen LogP contribution in [0.2, 0.25) is 0 Å². The molecule has 0 aliphatic rings. The van der Waals surface area contributed by atoms with E-state index in [9.17, 15) is 43.1 Å².